The lowest BCUT2D eigenvalue weighted by Gasteiger charge is -2.15. The predicted octanol–water partition coefficient (Wildman–Crippen LogP) is 4.68. The second kappa shape index (κ2) is 7.41. The molecule has 0 unspecified atom stereocenters. The lowest BCUT2D eigenvalue weighted by Crippen LogP contribution is -2.08. The molecule has 0 aliphatic carbocycles. The maximum atomic E-state index is 4.40. The van der Waals surface area contributed by atoms with Gasteiger partial charge in [-0.05, 0) is 53.4 Å². The van der Waals surface area contributed by atoms with E-state index in [0.717, 1.165) is 46.7 Å². The zero-order valence-corrected chi connectivity index (χ0v) is 14.3. The number of hydrogen-bond acceptors (Lipinski definition) is 4. The smallest absolute Gasteiger partial charge is 0.139 e. The van der Waals surface area contributed by atoms with E-state index in [1.165, 1.54) is 5.56 Å². The predicted molar refractivity (Wildman–Crippen MR) is 92.4 cm³/mol. The van der Waals surface area contributed by atoms with Gasteiger partial charge in [0, 0.05) is 16.6 Å². The van der Waals surface area contributed by atoms with Gasteiger partial charge in [0.25, 0.3) is 0 Å². The van der Waals surface area contributed by atoms with Gasteiger partial charge in [0.2, 0.25) is 0 Å². The third-order valence-electron chi connectivity index (χ3n) is 3.22. The summed E-state index contributed by atoms with van der Waals surface area (Å²) in [6.07, 6.45) is 3.54. The van der Waals surface area contributed by atoms with Gasteiger partial charge in [-0.25, -0.2) is 9.97 Å². The first-order chi connectivity index (χ1) is 10.2. The summed E-state index contributed by atoms with van der Waals surface area (Å²) in [6.45, 7) is 7.25. The Kier molecular flexibility index (Phi) is 5.56. The minimum Gasteiger partial charge on any atom is -0.370 e. The summed E-state index contributed by atoms with van der Waals surface area (Å²) in [5.74, 6) is 1.78. The maximum Gasteiger partial charge on any atom is 0.139 e. The Morgan fingerprint density at radius 1 is 1.14 bits per heavy atom. The molecule has 0 saturated heterocycles. The van der Waals surface area contributed by atoms with Gasteiger partial charge in [0.1, 0.15) is 18.0 Å². The molecule has 2 aromatic rings. The molecule has 2 rings (SSSR count). The Hall–Kier alpha value is -1.62. The van der Waals surface area contributed by atoms with Crippen molar-refractivity contribution in [2.45, 2.75) is 33.6 Å². The summed E-state index contributed by atoms with van der Waals surface area (Å²) in [5.41, 5.74) is 3.33. The van der Waals surface area contributed by atoms with Crippen molar-refractivity contribution < 1.29 is 0 Å². The van der Waals surface area contributed by atoms with Crippen molar-refractivity contribution in [1.29, 1.82) is 0 Å². The number of aryl methyl sites for hydroxylation is 1. The molecule has 0 spiro atoms. The van der Waals surface area contributed by atoms with Crippen molar-refractivity contribution in [3.63, 3.8) is 0 Å². The summed E-state index contributed by atoms with van der Waals surface area (Å²) < 4.78 is 1.02. The quantitative estimate of drug-likeness (QED) is 0.795. The van der Waals surface area contributed by atoms with Gasteiger partial charge < -0.3 is 10.6 Å². The molecule has 112 valence electrons. The number of anilines is 3. The lowest BCUT2D eigenvalue weighted by atomic mass is 10.2. The van der Waals surface area contributed by atoms with E-state index < -0.39 is 0 Å². The van der Waals surface area contributed by atoms with Crippen molar-refractivity contribution in [3.05, 3.63) is 40.1 Å². The Labute approximate surface area is 134 Å². The molecule has 2 N–H and O–H groups in total. The van der Waals surface area contributed by atoms with Crippen LogP contribution in [-0.2, 0) is 6.42 Å². The SMILES string of the molecule is CCCNc1ncnc(Nc2cc(C)ccc2Br)c1CC. The molecule has 1 heterocycles. The van der Waals surface area contributed by atoms with E-state index in [1.54, 1.807) is 6.33 Å². The monoisotopic (exact) mass is 348 g/mol. The fourth-order valence-electron chi connectivity index (χ4n) is 2.11. The minimum absolute atomic E-state index is 0.859. The molecule has 0 aliphatic heterocycles. The molecule has 0 amide bonds. The van der Waals surface area contributed by atoms with Crippen LogP contribution in [0, 0.1) is 6.92 Å². The largest absolute Gasteiger partial charge is 0.370 e. The van der Waals surface area contributed by atoms with Crippen LogP contribution in [0.4, 0.5) is 17.3 Å². The Balaban J connectivity index is 2.33. The highest BCUT2D eigenvalue weighted by molar-refractivity contribution is 9.10. The number of nitrogens with zero attached hydrogens (tertiary/aromatic N) is 2. The first kappa shape index (κ1) is 15.8. The first-order valence-electron chi connectivity index (χ1n) is 7.26. The number of benzene rings is 1. The fraction of sp³-hybridized carbons (Fsp3) is 0.375. The Bertz CT molecular complexity index is 613. The molecule has 21 heavy (non-hydrogen) atoms. The van der Waals surface area contributed by atoms with Crippen LogP contribution in [0.1, 0.15) is 31.4 Å². The summed E-state index contributed by atoms with van der Waals surface area (Å²) >= 11 is 3.57. The summed E-state index contributed by atoms with van der Waals surface area (Å²) in [6, 6.07) is 6.22. The highest BCUT2D eigenvalue weighted by Crippen LogP contribution is 2.29. The van der Waals surface area contributed by atoms with Crippen molar-refractivity contribution in [3.8, 4) is 0 Å². The average molecular weight is 349 g/mol. The number of aromatic nitrogens is 2. The van der Waals surface area contributed by atoms with Crippen LogP contribution < -0.4 is 10.6 Å². The van der Waals surface area contributed by atoms with Gasteiger partial charge in [-0.15, -0.1) is 0 Å². The summed E-state index contributed by atoms with van der Waals surface area (Å²) in [5, 5.41) is 6.77. The van der Waals surface area contributed by atoms with E-state index in [-0.39, 0.29) is 0 Å². The molecule has 0 radical (unpaired) electrons. The van der Waals surface area contributed by atoms with Crippen LogP contribution in [-0.4, -0.2) is 16.5 Å². The number of hydrogen-bond donors (Lipinski definition) is 2. The zero-order valence-electron chi connectivity index (χ0n) is 12.7. The topological polar surface area (TPSA) is 49.8 Å². The van der Waals surface area contributed by atoms with Gasteiger partial charge in [-0.1, -0.05) is 19.9 Å². The molecule has 1 aromatic heterocycles. The molecular weight excluding hydrogens is 328 g/mol. The van der Waals surface area contributed by atoms with Crippen molar-refractivity contribution in [2.24, 2.45) is 0 Å². The van der Waals surface area contributed by atoms with Crippen LogP contribution >= 0.6 is 15.9 Å². The zero-order chi connectivity index (χ0) is 15.2. The van der Waals surface area contributed by atoms with Gasteiger partial charge in [0.15, 0.2) is 0 Å². The summed E-state index contributed by atoms with van der Waals surface area (Å²) in [4.78, 5) is 8.76. The number of rotatable bonds is 6. The van der Waals surface area contributed by atoms with Crippen LogP contribution in [0.2, 0.25) is 0 Å². The molecule has 0 aliphatic rings. The number of halogens is 1. The van der Waals surface area contributed by atoms with Crippen molar-refractivity contribution >= 4 is 33.3 Å². The highest BCUT2D eigenvalue weighted by atomic mass is 79.9. The van der Waals surface area contributed by atoms with Crippen LogP contribution in [0.5, 0.6) is 0 Å². The Morgan fingerprint density at radius 2 is 1.90 bits per heavy atom. The second-order valence-corrected chi connectivity index (χ2v) is 5.79. The van der Waals surface area contributed by atoms with E-state index in [2.05, 4.69) is 69.4 Å². The molecule has 5 heteroatoms. The standard InChI is InChI=1S/C16H21BrN4/c1-4-8-18-15-12(5-2)16(20-10-19-15)21-14-9-11(3)6-7-13(14)17/h6-7,9-10H,4-5,8H2,1-3H3,(H2,18,19,20,21). The molecule has 0 fully saturated rings. The van der Waals surface area contributed by atoms with E-state index in [0.29, 0.717) is 0 Å². The molecule has 0 bridgehead atoms. The lowest BCUT2D eigenvalue weighted by molar-refractivity contribution is 0.949. The average Bonchev–Trinajstić information content (AvgIpc) is 2.49. The van der Waals surface area contributed by atoms with Gasteiger partial charge in [0.05, 0.1) is 5.69 Å². The molecule has 0 saturated carbocycles. The highest BCUT2D eigenvalue weighted by Gasteiger charge is 2.11. The van der Waals surface area contributed by atoms with E-state index in [4.69, 9.17) is 0 Å². The summed E-state index contributed by atoms with van der Waals surface area (Å²) in [7, 11) is 0. The van der Waals surface area contributed by atoms with E-state index >= 15 is 0 Å². The van der Waals surface area contributed by atoms with E-state index in [1.807, 2.05) is 6.07 Å². The molecular formula is C16H21BrN4. The van der Waals surface area contributed by atoms with Crippen LogP contribution in [0.15, 0.2) is 29.0 Å². The van der Waals surface area contributed by atoms with Gasteiger partial charge >= 0.3 is 0 Å². The first-order valence-corrected chi connectivity index (χ1v) is 8.05. The Morgan fingerprint density at radius 3 is 2.62 bits per heavy atom. The third-order valence-corrected chi connectivity index (χ3v) is 3.91. The fourth-order valence-corrected chi connectivity index (χ4v) is 2.46. The normalized spacial score (nSPS) is 10.5. The molecule has 0 atom stereocenters. The van der Waals surface area contributed by atoms with Crippen molar-refractivity contribution in [1.82, 2.24) is 9.97 Å². The molecule has 1 aromatic carbocycles. The van der Waals surface area contributed by atoms with Crippen molar-refractivity contribution in [2.75, 3.05) is 17.2 Å². The van der Waals surface area contributed by atoms with Gasteiger partial charge in [-0.3, -0.25) is 0 Å². The number of nitrogens with one attached hydrogen (secondary N) is 2. The second-order valence-electron chi connectivity index (χ2n) is 4.94. The van der Waals surface area contributed by atoms with Crippen LogP contribution in [0.3, 0.4) is 0 Å². The van der Waals surface area contributed by atoms with Crippen LogP contribution in [0.25, 0.3) is 0 Å². The van der Waals surface area contributed by atoms with E-state index in [9.17, 15) is 0 Å². The molecule has 4 nitrogen and oxygen atoms in total. The maximum absolute atomic E-state index is 4.40. The minimum atomic E-state index is 0.859. The van der Waals surface area contributed by atoms with Gasteiger partial charge in [-0.2, -0.15) is 0 Å². The third kappa shape index (κ3) is 3.94.